The number of nitrogens with zero attached hydrogens (tertiary/aromatic N) is 1. The molecule has 0 aliphatic heterocycles. The van der Waals surface area contributed by atoms with Gasteiger partial charge >= 0.3 is 6.03 Å². The molecule has 1 aromatic carbocycles. The molecule has 2 N–H and O–H groups in total. The van der Waals surface area contributed by atoms with Crippen molar-refractivity contribution >= 4 is 22.0 Å². The summed E-state index contributed by atoms with van der Waals surface area (Å²) in [5.41, 5.74) is 2.01. The van der Waals surface area contributed by atoms with Gasteiger partial charge < -0.3 is 10.6 Å². The highest BCUT2D eigenvalue weighted by molar-refractivity contribution is 9.10. The molecule has 0 fully saturated rings. The molecule has 0 aliphatic carbocycles. The van der Waals surface area contributed by atoms with Crippen LogP contribution in [-0.4, -0.2) is 17.1 Å². The standard InChI is InChI=1S/C16H18BrN3O/c1-12(10-13-6-2-3-8-15(13)17)20-16(21)19-11-14-7-4-5-9-18-14/h2-9,12H,10-11H2,1H3,(H2,19,20,21). The molecule has 21 heavy (non-hydrogen) atoms. The zero-order valence-corrected chi connectivity index (χ0v) is 13.4. The number of amides is 2. The zero-order chi connectivity index (χ0) is 15.1. The quantitative estimate of drug-likeness (QED) is 0.871. The number of pyridine rings is 1. The van der Waals surface area contributed by atoms with Gasteiger partial charge in [0, 0.05) is 16.7 Å². The van der Waals surface area contributed by atoms with Crippen LogP contribution in [0.4, 0.5) is 4.79 Å². The van der Waals surface area contributed by atoms with Crippen molar-refractivity contribution in [3.63, 3.8) is 0 Å². The van der Waals surface area contributed by atoms with Gasteiger partial charge in [0.1, 0.15) is 0 Å². The van der Waals surface area contributed by atoms with E-state index in [0.29, 0.717) is 6.54 Å². The fourth-order valence-corrected chi connectivity index (χ4v) is 2.44. The van der Waals surface area contributed by atoms with E-state index < -0.39 is 0 Å². The number of hydrogen-bond acceptors (Lipinski definition) is 2. The minimum Gasteiger partial charge on any atom is -0.335 e. The first-order valence-corrected chi connectivity index (χ1v) is 7.62. The molecule has 0 bridgehead atoms. The van der Waals surface area contributed by atoms with Crippen LogP contribution in [0.25, 0.3) is 0 Å². The minimum absolute atomic E-state index is 0.0485. The average molecular weight is 348 g/mol. The third-order valence-electron chi connectivity index (χ3n) is 3.02. The lowest BCUT2D eigenvalue weighted by Crippen LogP contribution is -2.41. The molecule has 0 aliphatic rings. The van der Waals surface area contributed by atoms with Gasteiger partial charge in [0.15, 0.2) is 0 Å². The fraction of sp³-hybridized carbons (Fsp3) is 0.250. The molecular formula is C16H18BrN3O. The molecule has 2 aromatic rings. The highest BCUT2D eigenvalue weighted by Gasteiger charge is 2.09. The summed E-state index contributed by atoms with van der Waals surface area (Å²) in [7, 11) is 0. The smallest absolute Gasteiger partial charge is 0.315 e. The van der Waals surface area contributed by atoms with E-state index >= 15 is 0 Å². The maximum Gasteiger partial charge on any atom is 0.315 e. The predicted molar refractivity (Wildman–Crippen MR) is 86.9 cm³/mol. The van der Waals surface area contributed by atoms with Crippen LogP contribution in [0.15, 0.2) is 53.1 Å². The summed E-state index contributed by atoms with van der Waals surface area (Å²) in [4.78, 5) is 16.0. The van der Waals surface area contributed by atoms with Gasteiger partial charge in [-0.25, -0.2) is 4.79 Å². The maximum atomic E-state index is 11.8. The summed E-state index contributed by atoms with van der Waals surface area (Å²) in [6, 6.07) is 13.5. The summed E-state index contributed by atoms with van der Waals surface area (Å²) in [5.74, 6) is 0. The molecule has 0 saturated carbocycles. The highest BCUT2D eigenvalue weighted by Crippen LogP contribution is 2.17. The van der Waals surface area contributed by atoms with Gasteiger partial charge in [-0.2, -0.15) is 0 Å². The number of halogens is 1. The summed E-state index contributed by atoms with van der Waals surface area (Å²) in [6.45, 7) is 2.41. The van der Waals surface area contributed by atoms with Crippen molar-refractivity contribution < 1.29 is 4.79 Å². The Morgan fingerprint density at radius 1 is 1.24 bits per heavy atom. The number of aromatic nitrogens is 1. The summed E-state index contributed by atoms with van der Waals surface area (Å²) in [6.07, 6.45) is 2.49. The first-order chi connectivity index (χ1) is 10.1. The zero-order valence-electron chi connectivity index (χ0n) is 11.8. The Labute approximate surface area is 133 Å². The van der Waals surface area contributed by atoms with E-state index in [0.717, 1.165) is 16.6 Å². The van der Waals surface area contributed by atoms with Crippen LogP contribution in [0.5, 0.6) is 0 Å². The molecule has 2 amide bonds. The van der Waals surface area contributed by atoms with E-state index in [9.17, 15) is 4.79 Å². The number of benzene rings is 1. The van der Waals surface area contributed by atoms with Gasteiger partial charge in [0.05, 0.1) is 12.2 Å². The molecule has 2 rings (SSSR count). The van der Waals surface area contributed by atoms with E-state index in [1.807, 2.05) is 49.4 Å². The SMILES string of the molecule is CC(Cc1ccccc1Br)NC(=O)NCc1ccccn1. The lowest BCUT2D eigenvalue weighted by Gasteiger charge is -2.15. The van der Waals surface area contributed by atoms with Gasteiger partial charge in [-0.15, -0.1) is 0 Å². The lowest BCUT2D eigenvalue weighted by molar-refractivity contribution is 0.237. The van der Waals surface area contributed by atoms with Crippen LogP contribution in [0, 0.1) is 0 Å². The Bertz CT molecular complexity index is 589. The second-order valence-corrected chi connectivity index (χ2v) is 5.70. The topological polar surface area (TPSA) is 54.0 Å². The minimum atomic E-state index is -0.180. The van der Waals surface area contributed by atoms with Crippen LogP contribution < -0.4 is 10.6 Å². The Kier molecular flexibility index (Phi) is 5.75. The Balaban J connectivity index is 1.78. The monoisotopic (exact) mass is 347 g/mol. The molecule has 1 unspecified atom stereocenters. The number of rotatable bonds is 5. The molecule has 0 spiro atoms. The molecule has 1 atom stereocenters. The molecule has 4 nitrogen and oxygen atoms in total. The van der Waals surface area contributed by atoms with Gasteiger partial charge in [0.2, 0.25) is 0 Å². The predicted octanol–water partition coefficient (Wildman–Crippen LogP) is 3.27. The van der Waals surface area contributed by atoms with Crippen LogP contribution in [-0.2, 0) is 13.0 Å². The van der Waals surface area contributed by atoms with Crippen molar-refractivity contribution in [3.05, 3.63) is 64.4 Å². The molecule has 0 radical (unpaired) electrons. The van der Waals surface area contributed by atoms with E-state index in [-0.39, 0.29) is 12.1 Å². The van der Waals surface area contributed by atoms with E-state index in [1.165, 1.54) is 5.56 Å². The normalized spacial score (nSPS) is 11.7. The first kappa shape index (κ1) is 15.5. The Morgan fingerprint density at radius 2 is 2.00 bits per heavy atom. The summed E-state index contributed by atoms with van der Waals surface area (Å²) >= 11 is 3.52. The Morgan fingerprint density at radius 3 is 2.71 bits per heavy atom. The summed E-state index contributed by atoms with van der Waals surface area (Å²) < 4.78 is 1.06. The van der Waals surface area contributed by atoms with Crippen molar-refractivity contribution in [1.82, 2.24) is 15.6 Å². The van der Waals surface area contributed by atoms with E-state index in [2.05, 4.69) is 31.5 Å². The maximum absolute atomic E-state index is 11.8. The third-order valence-corrected chi connectivity index (χ3v) is 3.79. The van der Waals surface area contributed by atoms with Gasteiger partial charge in [-0.05, 0) is 37.1 Å². The largest absolute Gasteiger partial charge is 0.335 e. The molecule has 0 saturated heterocycles. The van der Waals surface area contributed by atoms with Crippen molar-refractivity contribution in [2.24, 2.45) is 0 Å². The van der Waals surface area contributed by atoms with Gasteiger partial charge in [-0.1, -0.05) is 40.2 Å². The fourth-order valence-electron chi connectivity index (χ4n) is 1.99. The van der Waals surface area contributed by atoms with Crippen molar-refractivity contribution in [1.29, 1.82) is 0 Å². The van der Waals surface area contributed by atoms with Crippen LogP contribution in [0.2, 0.25) is 0 Å². The van der Waals surface area contributed by atoms with Gasteiger partial charge in [-0.3, -0.25) is 4.98 Å². The molecule has 5 heteroatoms. The average Bonchev–Trinajstić information content (AvgIpc) is 2.48. The highest BCUT2D eigenvalue weighted by atomic mass is 79.9. The van der Waals surface area contributed by atoms with Crippen LogP contribution in [0.3, 0.4) is 0 Å². The van der Waals surface area contributed by atoms with Gasteiger partial charge in [0.25, 0.3) is 0 Å². The van der Waals surface area contributed by atoms with Crippen molar-refractivity contribution in [2.45, 2.75) is 25.9 Å². The number of carbonyl (C=O) groups excluding carboxylic acids is 1. The number of carbonyl (C=O) groups is 1. The second-order valence-electron chi connectivity index (χ2n) is 4.84. The van der Waals surface area contributed by atoms with E-state index in [4.69, 9.17) is 0 Å². The first-order valence-electron chi connectivity index (χ1n) is 6.83. The number of hydrogen-bond donors (Lipinski definition) is 2. The Hall–Kier alpha value is -1.88. The number of urea groups is 1. The lowest BCUT2D eigenvalue weighted by atomic mass is 10.1. The second kappa shape index (κ2) is 7.78. The molecule has 1 aromatic heterocycles. The summed E-state index contributed by atoms with van der Waals surface area (Å²) in [5, 5.41) is 5.73. The van der Waals surface area contributed by atoms with Crippen molar-refractivity contribution in [2.75, 3.05) is 0 Å². The van der Waals surface area contributed by atoms with Crippen molar-refractivity contribution in [3.8, 4) is 0 Å². The van der Waals surface area contributed by atoms with Crippen LogP contribution >= 0.6 is 15.9 Å². The molecular weight excluding hydrogens is 330 g/mol. The van der Waals surface area contributed by atoms with Crippen LogP contribution in [0.1, 0.15) is 18.2 Å². The van der Waals surface area contributed by atoms with E-state index in [1.54, 1.807) is 6.20 Å². The molecule has 110 valence electrons. The third kappa shape index (κ3) is 5.19. The number of nitrogens with one attached hydrogen (secondary N) is 2. The molecule has 1 heterocycles.